The van der Waals surface area contributed by atoms with E-state index in [-0.39, 0.29) is 16.9 Å². The van der Waals surface area contributed by atoms with Gasteiger partial charge in [-0.2, -0.15) is 13.2 Å². The van der Waals surface area contributed by atoms with E-state index in [2.05, 4.69) is 9.47 Å². The Kier molecular flexibility index (Phi) is 2.58. The summed E-state index contributed by atoms with van der Waals surface area (Å²) >= 11 is 0. The smallest absolute Gasteiger partial charge is 0.347 e. The van der Waals surface area contributed by atoms with Gasteiger partial charge in [0.05, 0.1) is 11.1 Å². The first kappa shape index (κ1) is 11.2. The summed E-state index contributed by atoms with van der Waals surface area (Å²) in [5.41, 5.74) is -0.174. The summed E-state index contributed by atoms with van der Waals surface area (Å²) in [6, 6.07) is 1.08. The Morgan fingerprint density at radius 1 is 1.06 bits per heavy atom. The second-order valence-electron chi connectivity index (χ2n) is 3.02. The lowest BCUT2D eigenvalue weighted by molar-refractivity contribution is 0.0443. The number of esters is 2. The van der Waals surface area contributed by atoms with Crippen LogP contribution in [-0.2, 0) is 4.74 Å². The first-order valence-corrected chi connectivity index (χ1v) is 4.28. The third-order valence-electron chi connectivity index (χ3n) is 1.97. The van der Waals surface area contributed by atoms with Crippen LogP contribution in [0.5, 0.6) is 5.75 Å². The molecule has 4 nitrogen and oxygen atoms in total. The van der Waals surface area contributed by atoms with Gasteiger partial charge in [-0.3, -0.25) is 0 Å². The van der Waals surface area contributed by atoms with Crippen molar-refractivity contribution >= 4 is 11.9 Å². The number of halogens is 3. The number of fused-ring (bicyclic) bond motifs is 1. The van der Waals surface area contributed by atoms with E-state index in [4.69, 9.17) is 0 Å². The molecule has 0 saturated heterocycles. The summed E-state index contributed by atoms with van der Waals surface area (Å²) in [6.45, 7) is 0. The Labute approximate surface area is 92.2 Å². The fraction of sp³-hybridized carbons (Fsp3) is 0. The molecule has 0 aliphatic carbocycles. The van der Waals surface area contributed by atoms with E-state index in [0.29, 0.717) is 0 Å². The van der Waals surface area contributed by atoms with Crippen molar-refractivity contribution in [2.24, 2.45) is 0 Å². The van der Waals surface area contributed by atoms with Crippen molar-refractivity contribution in [1.29, 1.82) is 0 Å². The zero-order valence-corrected chi connectivity index (χ0v) is 8.00. The molecule has 1 aliphatic rings. The van der Waals surface area contributed by atoms with Crippen molar-refractivity contribution in [2.45, 2.75) is 0 Å². The molecule has 88 valence electrons. The monoisotopic (exact) mass is 244 g/mol. The second kappa shape index (κ2) is 3.93. The highest BCUT2D eigenvalue weighted by Gasteiger charge is 2.30. The summed E-state index contributed by atoms with van der Waals surface area (Å²) in [5, 5.41) is 0. The fourth-order valence-corrected chi connectivity index (χ4v) is 1.27. The van der Waals surface area contributed by atoms with Gasteiger partial charge < -0.3 is 9.47 Å². The fourth-order valence-electron chi connectivity index (χ4n) is 1.27. The molecule has 0 radical (unpaired) electrons. The van der Waals surface area contributed by atoms with Gasteiger partial charge in [-0.15, -0.1) is 0 Å². The van der Waals surface area contributed by atoms with Gasteiger partial charge in [0, 0.05) is 0 Å². The van der Waals surface area contributed by atoms with Gasteiger partial charge in [0.25, 0.3) is 0 Å². The van der Waals surface area contributed by atoms with Crippen LogP contribution in [0.2, 0.25) is 0 Å². The summed E-state index contributed by atoms with van der Waals surface area (Å²) in [7, 11) is 0. The Balaban J connectivity index is 2.36. The van der Waals surface area contributed by atoms with Crippen LogP contribution >= 0.6 is 0 Å². The van der Waals surface area contributed by atoms with Gasteiger partial charge in [-0.05, 0) is 18.2 Å². The van der Waals surface area contributed by atoms with Crippen molar-refractivity contribution in [2.75, 3.05) is 0 Å². The summed E-state index contributed by atoms with van der Waals surface area (Å²) in [5.74, 6) is -2.11. The van der Waals surface area contributed by atoms with Crippen LogP contribution in [0.25, 0.3) is 0 Å². The molecule has 0 fully saturated rings. The highest BCUT2D eigenvalue weighted by Crippen LogP contribution is 2.26. The molecule has 0 aromatic heterocycles. The van der Waals surface area contributed by atoms with Crippen LogP contribution in [0.15, 0.2) is 30.3 Å². The van der Waals surface area contributed by atoms with Gasteiger partial charge in [-0.25, -0.2) is 9.59 Å². The molecule has 0 bridgehead atoms. The maximum atomic E-state index is 12.5. The number of cyclic esters (lactones) is 2. The third-order valence-corrected chi connectivity index (χ3v) is 1.97. The number of carbonyl (C=O) groups is 2. The maximum Gasteiger partial charge on any atom is 0.347 e. The first-order chi connectivity index (χ1) is 7.99. The number of carbonyl (C=O) groups excluding carboxylic acids is 2. The predicted molar refractivity (Wildman–Crippen MR) is 47.2 cm³/mol. The molecule has 1 heterocycles. The van der Waals surface area contributed by atoms with Crippen molar-refractivity contribution < 1.29 is 32.2 Å². The van der Waals surface area contributed by atoms with Gasteiger partial charge in [0.2, 0.25) is 0 Å². The van der Waals surface area contributed by atoms with E-state index >= 15 is 0 Å². The van der Waals surface area contributed by atoms with Crippen LogP contribution in [0.3, 0.4) is 0 Å². The molecule has 0 saturated carbocycles. The molecule has 0 unspecified atom stereocenters. The van der Waals surface area contributed by atoms with Crippen molar-refractivity contribution in [1.82, 2.24) is 0 Å². The normalized spacial score (nSPS) is 13.1. The molecule has 7 heteroatoms. The van der Waals surface area contributed by atoms with Crippen LogP contribution in [0, 0.1) is 0 Å². The quantitative estimate of drug-likeness (QED) is 0.455. The lowest BCUT2D eigenvalue weighted by atomic mass is 10.1. The summed E-state index contributed by atoms with van der Waals surface area (Å²) < 4.78 is 44.4. The molecule has 0 atom stereocenters. The predicted octanol–water partition coefficient (Wildman–Crippen LogP) is 2.41. The highest BCUT2D eigenvalue weighted by molar-refractivity contribution is 6.14. The van der Waals surface area contributed by atoms with Crippen LogP contribution in [-0.4, -0.2) is 11.9 Å². The van der Waals surface area contributed by atoms with Crippen LogP contribution < -0.4 is 4.74 Å². The van der Waals surface area contributed by atoms with E-state index in [9.17, 15) is 22.8 Å². The van der Waals surface area contributed by atoms with Crippen molar-refractivity contribution in [3.05, 3.63) is 41.4 Å². The Hall–Kier alpha value is -2.31. The molecule has 1 aromatic carbocycles. The minimum atomic E-state index is -2.62. The number of rotatable bonds is 2. The molecule has 0 amide bonds. The third kappa shape index (κ3) is 1.99. The SMILES string of the molecule is O=C1OC(=O)c2cc(OC(F)=C(F)F)ccc21. The number of ether oxygens (including phenoxy) is 2. The molecule has 1 aliphatic heterocycles. The second-order valence-corrected chi connectivity index (χ2v) is 3.02. The molecule has 1 aromatic rings. The number of hydrogen-bond donors (Lipinski definition) is 0. The average Bonchev–Trinajstić information content (AvgIpc) is 2.54. The van der Waals surface area contributed by atoms with Crippen LogP contribution in [0.1, 0.15) is 20.7 Å². The maximum absolute atomic E-state index is 12.5. The zero-order valence-electron chi connectivity index (χ0n) is 8.00. The van der Waals surface area contributed by atoms with Gasteiger partial charge in [0.1, 0.15) is 5.75 Å². The highest BCUT2D eigenvalue weighted by atomic mass is 19.3. The Morgan fingerprint density at radius 2 is 1.71 bits per heavy atom. The molecule has 17 heavy (non-hydrogen) atoms. The summed E-state index contributed by atoms with van der Waals surface area (Å²) in [6.07, 6.45) is -2.62. The van der Waals surface area contributed by atoms with E-state index < -0.39 is 24.0 Å². The molecular formula is C10H3F3O4. The molecule has 2 rings (SSSR count). The lowest BCUT2D eigenvalue weighted by Gasteiger charge is -2.02. The average molecular weight is 244 g/mol. The summed E-state index contributed by atoms with van der Waals surface area (Å²) in [4.78, 5) is 22.1. The van der Waals surface area contributed by atoms with E-state index in [1.54, 1.807) is 0 Å². The molecule has 0 spiro atoms. The number of benzene rings is 1. The zero-order chi connectivity index (χ0) is 12.6. The first-order valence-electron chi connectivity index (χ1n) is 4.28. The van der Waals surface area contributed by atoms with Crippen LogP contribution in [0.4, 0.5) is 13.2 Å². The van der Waals surface area contributed by atoms with Crippen molar-refractivity contribution in [3.63, 3.8) is 0 Å². The van der Waals surface area contributed by atoms with E-state index in [1.807, 2.05) is 0 Å². The van der Waals surface area contributed by atoms with Crippen molar-refractivity contribution in [3.8, 4) is 5.75 Å². The Bertz CT molecular complexity index is 546. The topological polar surface area (TPSA) is 52.6 Å². The van der Waals surface area contributed by atoms with Gasteiger partial charge in [-0.1, -0.05) is 0 Å². The minimum Gasteiger partial charge on any atom is -0.428 e. The minimum absolute atomic E-state index is 0.0209. The van der Waals surface area contributed by atoms with Gasteiger partial charge in [0.15, 0.2) is 0 Å². The molecule has 0 N–H and O–H groups in total. The Morgan fingerprint density at radius 3 is 2.35 bits per heavy atom. The lowest BCUT2D eigenvalue weighted by Crippen LogP contribution is -1.97. The largest absolute Gasteiger partial charge is 0.428 e. The van der Waals surface area contributed by atoms with E-state index in [1.165, 1.54) is 0 Å². The van der Waals surface area contributed by atoms with E-state index in [0.717, 1.165) is 18.2 Å². The number of hydrogen-bond acceptors (Lipinski definition) is 4. The molecular weight excluding hydrogens is 241 g/mol. The van der Waals surface area contributed by atoms with Gasteiger partial charge >= 0.3 is 24.0 Å². The standard InChI is InChI=1S/C10H3F3O4/c11-7(12)8(13)16-4-1-2-5-6(3-4)10(15)17-9(5)14/h1-3H.